The highest BCUT2D eigenvalue weighted by molar-refractivity contribution is 8.01. The van der Waals surface area contributed by atoms with Gasteiger partial charge < -0.3 is 26.6 Å². The molecule has 2 aliphatic rings. The number of thioether (sulfide) groups is 2. The van der Waals surface area contributed by atoms with E-state index in [1.54, 1.807) is 35.8 Å². The summed E-state index contributed by atoms with van der Waals surface area (Å²) >= 11 is 3.98. The van der Waals surface area contributed by atoms with Crippen molar-refractivity contribution in [3.8, 4) is 5.75 Å². The van der Waals surface area contributed by atoms with E-state index in [2.05, 4.69) is 30.8 Å². The third-order valence-electron chi connectivity index (χ3n) is 6.88. The number of nitrogen functional groups attached to an aromatic ring is 1. The van der Waals surface area contributed by atoms with Gasteiger partial charge in [-0.15, -0.1) is 22.0 Å². The normalized spacial score (nSPS) is 18.4. The van der Waals surface area contributed by atoms with Crippen molar-refractivity contribution < 1.29 is 29.4 Å². The smallest absolute Gasteiger partial charge is 0.352 e. The Bertz CT molecular complexity index is 1840. The number of aliphatic carboxylic acids is 1. The number of rotatable bonds is 9. The van der Waals surface area contributed by atoms with Crippen LogP contribution in [-0.2, 0) is 14.4 Å². The second kappa shape index (κ2) is 12.1. The Labute approximate surface area is 261 Å². The number of benzene rings is 1. The number of aromatic nitrogens is 4. The van der Waals surface area contributed by atoms with Crippen molar-refractivity contribution in [1.29, 1.82) is 0 Å². The average Bonchev–Trinajstić information content (AvgIpc) is 3.54. The van der Waals surface area contributed by atoms with Crippen molar-refractivity contribution in [2.24, 2.45) is 0 Å². The molecule has 2 aliphatic heterocycles. The number of aromatic hydroxyl groups is 1. The molecule has 1 saturated heterocycles. The first-order valence-electron chi connectivity index (χ1n) is 12.9. The summed E-state index contributed by atoms with van der Waals surface area (Å²) < 4.78 is 0.674. The van der Waals surface area contributed by atoms with Crippen molar-refractivity contribution in [2.75, 3.05) is 17.2 Å². The lowest BCUT2D eigenvalue weighted by Gasteiger charge is -2.49. The number of β-lactam (4-membered cyclic amide) rings is 1. The fourth-order valence-corrected chi connectivity index (χ4v) is 7.80. The molecule has 44 heavy (non-hydrogen) atoms. The van der Waals surface area contributed by atoms with Gasteiger partial charge in [0, 0.05) is 29.6 Å². The quantitative estimate of drug-likeness (QED) is 0.0994. The second-order valence-corrected chi connectivity index (χ2v) is 12.8. The zero-order valence-electron chi connectivity index (χ0n) is 22.4. The largest absolute Gasteiger partial charge is 0.505 e. The van der Waals surface area contributed by atoms with Crippen LogP contribution in [0.5, 0.6) is 5.75 Å². The molecule has 5 heterocycles. The number of nitrogens with two attached hydrogens (primary N) is 1. The maximum Gasteiger partial charge on any atom is 0.352 e. The van der Waals surface area contributed by atoms with E-state index in [0.29, 0.717) is 38.2 Å². The van der Waals surface area contributed by atoms with Crippen LogP contribution in [0.25, 0.3) is 11.0 Å². The van der Waals surface area contributed by atoms with E-state index in [1.807, 2.05) is 0 Å². The molecule has 3 amide bonds. The highest BCUT2D eigenvalue weighted by atomic mass is 32.2. The number of carbonyl (C=O) groups excluding carboxylic acids is 3. The van der Waals surface area contributed by atoms with Gasteiger partial charge in [0.25, 0.3) is 11.8 Å². The van der Waals surface area contributed by atoms with Gasteiger partial charge >= 0.3 is 5.97 Å². The summed E-state index contributed by atoms with van der Waals surface area (Å²) in [5.41, 5.74) is 8.90. The van der Waals surface area contributed by atoms with Crippen LogP contribution in [0.3, 0.4) is 0 Å². The van der Waals surface area contributed by atoms with Crippen LogP contribution < -0.4 is 16.4 Å². The molecule has 6 rings (SSSR count). The molecule has 0 aliphatic carbocycles. The summed E-state index contributed by atoms with van der Waals surface area (Å²) in [6.07, 6.45) is 2.62. The Morgan fingerprint density at radius 2 is 2.05 bits per heavy atom. The summed E-state index contributed by atoms with van der Waals surface area (Å²) in [6, 6.07) is 7.19. The van der Waals surface area contributed by atoms with Crippen molar-refractivity contribution in [3.05, 3.63) is 76.7 Å². The van der Waals surface area contributed by atoms with Crippen LogP contribution in [0, 0.1) is 0 Å². The molecule has 17 heteroatoms. The monoisotopic (exact) mass is 650 g/mol. The number of pyridine rings is 2. The first-order chi connectivity index (χ1) is 21.2. The lowest BCUT2D eigenvalue weighted by atomic mass is 10.0. The lowest BCUT2D eigenvalue weighted by molar-refractivity contribution is -0.151. The zero-order valence-corrected chi connectivity index (χ0v) is 24.9. The molecule has 224 valence electrons. The number of hydrogen-bond acceptors (Lipinski definition) is 13. The molecule has 0 spiro atoms. The molecular weight excluding hydrogens is 629 g/mol. The molecule has 3 atom stereocenters. The minimum absolute atomic E-state index is 0.114. The predicted molar refractivity (Wildman–Crippen MR) is 163 cm³/mol. The number of anilines is 1. The summed E-state index contributed by atoms with van der Waals surface area (Å²) in [6.45, 7) is 0. The number of nitrogens with one attached hydrogen (secondary N) is 2. The Kier molecular flexibility index (Phi) is 8.07. The summed E-state index contributed by atoms with van der Waals surface area (Å²) in [7, 11) is 0. The topological polar surface area (TPSA) is 214 Å². The number of hydrogen-bond donors (Lipinski definition) is 5. The highest BCUT2D eigenvalue weighted by Crippen LogP contribution is 2.42. The van der Waals surface area contributed by atoms with Gasteiger partial charge in [0.1, 0.15) is 39.7 Å². The highest BCUT2D eigenvalue weighted by Gasteiger charge is 2.54. The Balaban J connectivity index is 1.22. The molecule has 4 aromatic rings. The summed E-state index contributed by atoms with van der Waals surface area (Å²) in [5.74, 6) is -3.15. The molecule has 6 N–H and O–H groups in total. The zero-order chi connectivity index (χ0) is 31.0. The van der Waals surface area contributed by atoms with Crippen LogP contribution in [-0.4, -0.2) is 81.9 Å². The molecule has 2 unspecified atom stereocenters. The molecule has 1 aromatic carbocycles. The van der Waals surface area contributed by atoms with E-state index in [9.17, 15) is 29.4 Å². The number of nitrogens with zero attached hydrogens (tertiary/aromatic N) is 5. The second-order valence-electron chi connectivity index (χ2n) is 9.61. The fourth-order valence-electron chi connectivity index (χ4n) is 4.83. The van der Waals surface area contributed by atoms with E-state index < -0.39 is 46.9 Å². The molecule has 0 bridgehead atoms. The third kappa shape index (κ3) is 5.51. The molecule has 14 nitrogen and oxygen atoms in total. The first-order valence-corrected chi connectivity index (χ1v) is 15.8. The Morgan fingerprint density at radius 3 is 2.80 bits per heavy atom. The maximum absolute atomic E-state index is 13.7. The lowest BCUT2D eigenvalue weighted by Crippen LogP contribution is -2.71. The van der Waals surface area contributed by atoms with Crippen molar-refractivity contribution in [1.82, 2.24) is 35.7 Å². The van der Waals surface area contributed by atoms with Gasteiger partial charge in [-0.3, -0.25) is 29.3 Å². The molecule has 0 saturated carbocycles. The van der Waals surface area contributed by atoms with Gasteiger partial charge in [-0.25, -0.2) is 4.79 Å². The fraction of sp³-hybridized carbons (Fsp3) is 0.185. The van der Waals surface area contributed by atoms with Gasteiger partial charge in [-0.1, -0.05) is 35.2 Å². The van der Waals surface area contributed by atoms with Gasteiger partial charge in [-0.2, -0.15) is 0 Å². The van der Waals surface area contributed by atoms with Crippen molar-refractivity contribution in [3.63, 3.8) is 0 Å². The number of fused-ring (bicyclic) bond motifs is 2. The third-order valence-corrected chi connectivity index (χ3v) is 10.2. The average molecular weight is 651 g/mol. The molecular formula is C27H22N8O6S3. The number of amides is 3. The van der Waals surface area contributed by atoms with E-state index in [1.165, 1.54) is 58.2 Å². The van der Waals surface area contributed by atoms with Crippen LogP contribution >= 0.6 is 34.9 Å². The molecule has 3 aromatic heterocycles. The van der Waals surface area contributed by atoms with Gasteiger partial charge in [-0.05, 0) is 35.4 Å². The minimum atomic E-state index is -1.33. The number of carboxylic acids is 1. The number of carboxylic acid groups (broad SMARTS) is 1. The van der Waals surface area contributed by atoms with E-state index in [-0.39, 0.29) is 16.8 Å². The van der Waals surface area contributed by atoms with Gasteiger partial charge in [0.15, 0.2) is 10.1 Å². The van der Waals surface area contributed by atoms with Crippen LogP contribution in [0.4, 0.5) is 5.69 Å². The summed E-state index contributed by atoms with van der Waals surface area (Å²) in [4.78, 5) is 61.9. The predicted octanol–water partition coefficient (Wildman–Crippen LogP) is 1.77. The SMILES string of the molecule is Nc1cccc(C(NC(=O)c2cnc3cccnc3c2O)C(=O)NC2C(=O)N3C(C(=O)O)=C(CSc4nncs4)CS[C@@H]23)c1. The molecule has 0 radical (unpaired) electrons. The minimum Gasteiger partial charge on any atom is -0.505 e. The number of carbonyl (C=O) groups is 4. The van der Waals surface area contributed by atoms with Crippen LogP contribution in [0.2, 0.25) is 0 Å². The Morgan fingerprint density at radius 1 is 1.20 bits per heavy atom. The van der Waals surface area contributed by atoms with Gasteiger partial charge in [0.2, 0.25) is 5.91 Å². The van der Waals surface area contributed by atoms with E-state index >= 15 is 0 Å². The van der Waals surface area contributed by atoms with E-state index in [4.69, 9.17) is 5.73 Å². The van der Waals surface area contributed by atoms with Gasteiger partial charge in [0.05, 0.1) is 5.52 Å². The Hall–Kier alpha value is -4.74. The maximum atomic E-state index is 13.7. The van der Waals surface area contributed by atoms with Crippen LogP contribution in [0.15, 0.2) is 69.9 Å². The summed E-state index contributed by atoms with van der Waals surface area (Å²) in [5, 5.41) is 33.0. The standard InChI is InChI=1S/C27H22N8O6S3/c28-14-4-1-3-12(7-14)17(32-22(37)15-8-30-16-5-2-6-29-18(16)21(15)36)23(38)33-19-24(39)35-20(26(40)41)13(9-42-25(19)35)10-43-27-34-31-11-44-27/h1-8,11,17,19,25H,9-10,28H2,(H,30,36)(H,32,37)(H,33,38)(H,40,41)/t17?,19?,25-/m0/s1. The van der Waals surface area contributed by atoms with Crippen molar-refractivity contribution >= 4 is 75.3 Å². The van der Waals surface area contributed by atoms with Crippen molar-refractivity contribution in [2.45, 2.75) is 21.8 Å². The molecule has 1 fully saturated rings. The first kappa shape index (κ1) is 29.3. The van der Waals surface area contributed by atoms with E-state index in [0.717, 1.165) is 0 Å². The van der Waals surface area contributed by atoms with Crippen LogP contribution in [0.1, 0.15) is 22.0 Å².